The number of carbonyl (C=O) groups excluding carboxylic acids is 1. The minimum Gasteiger partial charge on any atom is -0.322 e. The number of nitrogens with one attached hydrogen (secondary N) is 1. The summed E-state index contributed by atoms with van der Waals surface area (Å²) in [4.78, 5) is 27.4. The van der Waals surface area contributed by atoms with E-state index in [1.165, 1.54) is 18.2 Å². The van der Waals surface area contributed by atoms with Crippen LogP contribution in [0.2, 0.25) is 5.15 Å². The minimum absolute atomic E-state index is 0.0603. The number of amides is 1. The summed E-state index contributed by atoms with van der Waals surface area (Å²) in [6.45, 7) is 1.30. The van der Waals surface area contributed by atoms with Gasteiger partial charge >= 0.3 is 0 Å². The zero-order valence-electron chi connectivity index (χ0n) is 10.6. The standard InChI is InChI=1S/C13H11ClFN3O2/c1-8-16-11(14)6-13(20)18(8)7-12(19)17-10-5-3-2-4-9(10)15/h2-6H,7H2,1H3,(H,17,19). The van der Waals surface area contributed by atoms with Gasteiger partial charge in [-0.05, 0) is 19.1 Å². The molecule has 1 aromatic carbocycles. The van der Waals surface area contributed by atoms with Crippen molar-refractivity contribution >= 4 is 23.2 Å². The lowest BCUT2D eigenvalue weighted by Gasteiger charge is -2.10. The van der Waals surface area contributed by atoms with E-state index in [0.717, 1.165) is 10.6 Å². The second kappa shape index (κ2) is 5.83. The molecule has 20 heavy (non-hydrogen) atoms. The number of benzene rings is 1. The van der Waals surface area contributed by atoms with Crippen molar-refractivity contribution < 1.29 is 9.18 Å². The van der Waals surface area contributed by atoms with Crippen molar-refractivity contribution in [2.45, 2.75) is 13.5 Å². The van der Waals surface area contributed by atoms with Gasteiger partial charge in [-0.25, -0.2) is 9.37 Å². The van der Waals surface area contributed by atoms with Gasteiger partial charge in [0.2, 0.25) is 5.91 Å². The van der Waals surface area contributed by atoms with Gasteiger partial charge in [0.25, 0.3) is 5.56 Å². The Bertz CT molecular complexity index is 715. The molecule has 0 saturated heterocycles. The predicted molar refractivity (Wildman–Crippen MR) is 73.3 cm³/mol. The Hall–Kier alpha value is -2.21. The Kier molecular flexibility index (Phi) is 4.14. The van der Waals surface area contributed by atoms with Crippen LogP contribution in [0.15, 0.2) is 35.1 Å². The minimum atomic E-state index is -0.542. The van der Waals surface area contributed by atoms with Gasteiger partial charge in [0, 0.05) is 6.07 Å². The number of carbonyl (C=O) groups is 1. The Morgan fingerprint density at radius 2 is 2.15 bits per heavy atom. The van der Waals surface area contributed by atoms with Crippen LogP contribution in [0.1, 0.15) is 5.82 Å². The summed E-state index contributed by atoms with van der Waals surface area (Å²) < 4.78 is 14.5. The highest BCUT2D eigenvalue weighted by Crippen LogP contribution is 2.12. The molecule has 1 aromatic heterocycles. The van der Waals surface area contributed by atoms with Gasteiger partial charge < -0.3 is 5.32 Å². The van der Waals surface area contributed by atoms with Crippen LogP contribution in [-0.4, -0.2) is 15.5 Å². The number of anilines is 1. The highest BCUT2D eigenvalue weighted by molar-refractivity contribution is 6.29. The smallest absolute Gasteiger partial charge is 0.255 e. The molecule has 0 spiro atoms. The number of nitrogens with zero attached hydrogens (tertiary/aromatic N) is 2. The second-order valence-electron chi connectivity index (χ2n) is 4.08. The van der Waals surface area contributed by atoms with Crippen LogP contribution in [0.3, 0.4) is 0 Å². The molecule has 1 amide bonds. The average molecular weight is 296 g/mol. The molecule has 104 valence electrons. The lowest BCUT2D eigenvalue weighted by Crippen LogP contribution is -2.29. The van der Waals surface area contributed by atoms with E-state index in [1.54, 1.807) is 13.0 Å². The molecule has 1 heterocycles. The van der Waals surface area contributed by atoms with Gasteiger partial charge in [-0.1, -0.05) is 23.7 Å². The van der Waals surface area contributed by atoms with E-state index in [-0.39, 0.29) is 17.4 Å². The third kappa shape index (κ3) is 3.21. The lowest BCUT2D eigenvalue weighted by molar-refractivity contribution is -0.116. The first-order valence-corrected chi connectivity index (χ1v) is 6.13. The monoisotopic (exact) mass is 295 g/mol. The number of halogens is 2. The zero-order valence-corrected chi connectivity index (χ0v) is 11.3. The molecule has 0 atom stereocenters. The van der Waals surface area contributed by atoms with Crippen LogP contribution in [-0.2, 0) is 11.3 Å². The van der Waals surface area contributed by atoms with Gasteiger partial charge in [-0.15, -0.1) is 0 Å². The second-order valence-corrected chi connectivity index (χ2v) is 4.47. The van der Waals surface area contributed by atoms with E-state index in [2.05, 4.69) is 10.3 Å². The number of hydrogen-bond acceptors (Lipinski definition) is 3. The molecule has 2 aromatic rings. The number of hydrogen-bond donors (Lipinski definition) is 1. The van der Waals surface area contributed by atoms with Crippen molar-refractivity contribution in [3.8, 4) is 0 Å². The van der Waals surface area contributed by atoms with Crippen LogP contribution in [0, 0.1) is 12.7 Å². The van der Waals surface area contributed by atoms with E-state index >= 15 is 0 Å². The molecule has 0 aliphatic heterocycles. The van der Waals surface area contributed by atoms with Gasteiger partial charge in [0.15, 0.2) is 0 Å². The average Bonchev–Trinajstić information content (AvgIpc) is 2.36. The molecule has 0 unspecified atom stereocenters. The van der Waals surface area contributed by atoms with Crippen molar-refractivity contribution in [3.63, 3.8) is 0 Å². The largest absolute Gasteiger partial charge is 0.322 e. The molecule has 0 aliphatic carbocycles. The van der Waals surface area contributed by atoms with Gasteiger partial charge in [0.05, 0.1) is 5.69 Å². The lowest BCUT2D eigenvalue weighted by atomic mass is 10.3. The fourth-order valence-electron chi connectivity index (χ4n) is 1.67. The topological polar surface area (TPSA) is 64.0 Å². The maximum absolute atomic E-state index is 13.4. The van der Waals surface area contributed by atoms with Crippen LogP contribution in [0.25, 0.3) is 0 Å². The highest BCUT2D eigenvalue weighted by atomic mass is 35.5. The summed E-state index contributed by atoms with van der Waals surface area (Å²) in [6, 6.07) is 6.90. The summed E-state index contributed by atoms with van der Waals surface area (Å²) in [7, 11) is 0. The summed E-state index contributed by atoms with van der Waals surface area (Å²) >= 11 is 5.63. The molecular formula is C13H11ClFN3O2. The molecule has 0 saturated carbocycles. The number of aryl methyl sites for hydroxylation is 1. The Morgan fingerprint density at radius 3 is 2.80 bits per heavy atom. The van der Waals surface area contributed by atoms with Crippen LogP contribution in [0.4, 0.5) is 10.1 Å². The molecule has 7 heteroatoms. The Balaban J connectivity index is 2.17. The Labute approximate surface area is 119 Å². The van der Waals surface area contributed by atoms with Crippen LogP contribution >= 0.6 is 11.6 Å². The molecule has 0 aliphatic rings. The molecule has 0 fully saturated rings. The first kappa shape index (κ1) is 14.2. The SMILES string of the molecule is Cc1nc(Cl)cc(=O)n1CC(=O)Nc1ccccc1F. The number of para-hydroxylation sites is 1. The van der Waals surface area contributed by atoms with E-state index < -0.39 is 17.3 Å². The van der Waals surface area contributed by atoms with Crippen molar-refractivity contribution in [1.29, 1.82) is 0 Å². The maximum Gasteiger partial charge on any atom is 0.255 e. The summed E-state index contributed by atoms with van der Waals surface area (Å²) in [5.74, 6) is -0.755. The van der Waals surface area contributed by atoms with E-state index in [0.29, 0.717) is 5.82 Å². The molecule has 0 radical (unpaired) electrons. The number of aromatic nitrogens is 2. The fourth-order valence-corrected chi connectivity index (χ4v) is 1.89. The quantitative estimate of drug-likeness (QED) is 0.881. The zero-order chi connectivity index (χ0) is 14.7. The van der Waals surface area contributed by atoms with Crippen LogP contribution < -0.4 is 10.9 Å². The molecular weight excluding hydrogens is 285 g/mol. The highest BCUT2D eigenvalue weighted by Gasteiger charge is 2.10. The van der Waals surface area contributed by atoms with E-state index in [9.17, 15) is 14.0 Å². The van der Waals surface area contributed by atoms with Gasteiger partial charge in [-0.3, -0.25) is 14.2 Å². The predicted octanol–water partition coefficient (Wildman–Crippen LogP) is 1.98. The first-order chi connectivity index (χ1) is 9.47. The van der Waals surface area contributed by atoms with Crippen molar-refractivity contribution in [3.05, 3.63) is 57.5 Å². The van der Waals surface area contributed by atoms with Crippen LogP contribution in [0.5, 0.6) is 0 Å². The van der Waals surface area contributed by atoms with Gasteiger partial charge in [-0.2, -0.15) is 0 Å². The van der Waals surface area contributed by atoms with Crippen molar-refractivity contribution in [2.75, 3.05) is 5.32 Å². The van der Waals surface area contributed by atoms with Crippen molar-refractivity contribution in [2.24, 2.45) is 0 Å². The molecule has 2 rings (SSSR count). The Morgan fingerprint density at radius 1 is 1.45 bits per heavy atom. The summed E-state index contributed by atoms with van der Waals surface area (Å²) in [6.07, 6.45) is 0. The number of rotatable bonds is 3. The van der Waals surface area contributed by atoms with E-state index in [1.807, 2.05) is 0 Å². The maximum atomic E-state index is 13.4. The fraction of sp³-hybridized carbons (Fsp3) is 0.154. The third-order valence-electron chi connectivity index (χ3n) is 2.62. The molecule has 5 nitrogen and oxygen atoms in total. The third-order valence-corrected chi connectivity index (χ3v) is 2.81. The first-order valence-electron chi connectivity index (χ1n) is 5.76. The van der Waals surface area contributed by atoms with Crippen molar-refractivity contribution in [1.82, 2.24) is 9.55 Å². The van der Waals surface area contributed by atoms with E-state index in [4.69, 9.17) is 11.6 Å². The summed E-state index contributed by atoms with van der Waals surface area (Å²) in [5.41, 5.74) is -0.378. The van der Waals surface area contributed by atoms with Gasteiger partial charge in [0.1, 0.15) is 23.3 Å². The normalized spacial score (nSPS) is 10.3. The summed E-state index contributed by atoms with van der Waals surface area (Å²) in [5, 5.41) is 2.46. The molecule has 0 bridgehead atoms. The molecule has 1 N–H and O–H groups in total.